The molecule has 90 valence electrons. The topological polar surface area (TPSA) is 18.5 Å². The molecule has 0 N–H and O–H groups in total. The van der Waals surface area contributed by atoms with Gasteiger partial charge in [-0.15, -0.1) is 0 Å². The maximum absolute atomic E-state index is 12.4. The molecule has 0 fully saturated rings. The van der Waals surface area contributed by atoms with Crippen molar-refractivity contribution in [2.75, 3.05) is 13.7 Å². The van der Waals surface area contributed by atoms with Crippen LogP contribution in [0.25, 0.3) is 0 Å². The number of halogens is 3. The van der Waals surface area contributed by atoms with Gasteiger partial charge in [-0.25, -0.2) is 9.78 Å². The van der Waals surface area contributed by atoms with Gasteiger partial charge in [-0.2, -0.15) is 13.2 Å². The van der Waals surface area contributed by atoms with Crippen LogP contribution in [-0.2, 0) is 22.4 Å². The molecule has 0 aromatic heterocycles. The molecule has 0 aliphatic carbocycles. The second-order valence-corrected chi connectivity index (χ2v) is 3.29. The van der Waals surface area contributed by atoms with Gasteiger partial charge in [-0.05, 0) is 24.5 Å². The van der Waals surface area contributed by atoms with E-state index in [9.17, 15) is 13.2 Å². The van der Waals surface area contributed by atoms with Crippen LogP contribution in [0.5, 0.6) is 0 Å². The van der Waals surface area contributed by atoms with Crippen molar-refractivity contribution in [2.24, 2.45) is 0 Å². The quantitative estimate of drug-likeness (QED) is 0.442. The van der Waals surface area contributed by atoms with Gasteiger partial charge in [0.15, 0.2) is 0 Å². The fraction of sp³-hybridized carbons (Fsp3) is 0.455. The molecule has 0 heterocycles. The van der Waals surface area contributed by atoms with E-state index >= 15 is 0 Å². The number of aryl methyl sites for hydroxylation is 1. The lowest BCUT2D eigenvalue weighted by Gasteiger charge is -2.08. The molecule has 0 aliphatic heterocycles. The zero-order valence-electron chi connectivity index (χ0n) is 8.88. The Balaban J connectivity index is 2.54. The van der Waals surface area contributed by atoms with Gasteiger partial charge in [-0.3, -0.25) is 0 Å². The molecule has 1 aromatic carbocycles. The van der Waals surface area contributed by atoms with Gasteiger partial charge in [0.2, 0.25) is 0 Å². The van der Waals surface area contributed by atoms with Crippen LogP contribution in [0.2, 0.25) is 0 Å². The summed E-state index contributed by atoms with van der Waals surface area (Å²) in [5.74, 6) is 0. The molecular formula is C11H13F3O2. The van der Waals surface area contributed by atoms with Crippen molar-refractivity contribution in [1.82, 2.24) is 0 Å². The second kappa shape index (κ2) is 5.86. The summed E-state index contributed by atoms with van der Waals surface area (Å²) < 4.78 is 37.1. The van der Waals surface area contributed by atoms with E-state index in [0.29, 0.717) is 25.0 Å². The van der Waals surface area contributed by atoms with E-state index in [2.05, 4.69) is 9.78 Å². The fourth-order valence-electron chi connectivity index (χ4n) is 1.32. The molecule has 2 nitrogen and oxygen atoms in total. The lowest BCUT2D eigenvalue weighted by molar-refractivity contribution is -0.272. The van der Waals surface area contributed by atoms with Gasteiger partial charge in [0, 0.05) is 0 Å². The first-order valence-electron chi connectivity index (χ1n) is 4.86. The third-order valence-electron chi connectivity index (χ3n) is 2.07. The van der Waals surface area contributed by atoms with Gasteiger partial charge >= 0.3 is 6.18 Å². The van der Waals surface area contributed by atoms with Gasteiger partial charge in [0.05, 0.1) is 19.3 Å². The summed E-state index contributed by atoms with van der Waals surface area (Å²) >= 11 is 0. The molecule has 0 saturated heterocycles. The molecular weight excluding hydrogens is 221 g/mol. The summed E-state index contributed by atoms with van der Waals surface area (Å²) in [6, 6.07) is 5.30. The van der Waals surface area contributed by atoms with Gasteiger partial charge < -0.3 is 0 Å². The summed E-state index contributed by atoms with van der Waals surface area (Å²) in [6.45, 7) is 0.368. The summed E-state index contributed by atoms with van der Waals surface area (Å²) in [5, 5.41) is 0. The van der Waals surface area contributed by atoms with Crippen molar-refractivity contribution in [1.29, 1.82) is 0 Å². The predicted octanol–water partition coefficient (Wildman–Crippen LogP) is 3.22. The standard InChI is InChI=1S/C11H13F3O2/c1-15-16-7-3-5-9-4-2-6-10(8-9)11(12,13)14/h2,4,6,8H,3,5,7H2,1H3. The van der Waals surface area contributed by atoms with E-state index in [4.69, 9.17) is 0 Å². The third-order valence-corrected chi connectivity index (χ3v) is 2.07. The molecule has 1 rings (SSSR count). The number of hydrogen-bond acceptors (Lipinski definition) is 2. The molecule has 0 spiro atoms. The fourth-order valence-corrected chi connectivity index (χ4v) is 1.32. The predicted molar refractivity (Wildman–Crippen MR) is 52.7 cm³/mol. The lowest BCUT2D eigenvalue weighted by atomic mass is 10.1. The van der Waals surface area contributed by atoms with Crippen molar-refractivity contribution in [3.05, 3.63) is 35.4 Å². The van der Waals surface area contributed by atoms with Crippen LogP contribution in [0.3, 0.4) is 0 Å². The van der Waals surface area contributed by atoms with Crippen LogP contribution in [0.4, 0.5) is 13.2 Å². The number of alkyl halides is 3. The van der Waals surface area contributed by atoms with Crippen LogP contribution in [0, 0.1) is 0 Å². The highest BCUT2D eigenvalue weighted by Gasteiger charge is 2.30. The van der Waals surface area contributed by atoms with Gasteiger partial charge in [0.1, 0.15) is 0 Å². The summed E-state index contributed by atoms with van der Waals surface area (Å²) in [4.78, 5) is 9.01. The summed E-state index contributed by atoms with van der Waals surface area (Å²) in [7, 11) is 1.39. The first kappa shape index (κ1) is 13.0. The number of benzene rings is 1. The molecule has 0 unspecified atom stereocenters. The Morgan fingerprint density at radius 3 is 2.62 bits per heavy atom. The number of hydrogen-bond donors (Lipinski definition) is 0. The molecule has 0 amide bonds. The van der Waals surface area contributed by atoms with Crippen LogP contribution >= 0.6 is 0 Å². The molecule has 0 radical (unpaired) electrons. The SMILES string of the molecule is COOCCCc1cccc(C(F)(F)F)c1. The van der Waals surface area contributed by atoms with Crippen molar-refractivity contribution in [3.63, 3.8) is 0 Å². The normalized spacial score (nSPS) is 11.8. The minimum Gasteiger partial charge on any atom is -0.240 e. The Morgan fingerprint density at radius 1 is 1.25 bits per heavy atom. The third kappa shape index (κ3) is 4.20. The van der Waals surface area contributed by atoms with E-state index in [1.807, 2.05) is 0 Å². The second-order valence-electron chi connectivity index (χ2n) is 3.29. The van der Waals surface area contributed by atoms with Crippen molar-refractivity contribution in [2.45, 2.75) is 19.0 Å². The average Bonchev–Trinajstić information content (AvgIpc) is 2.24. The van der Waals surface area contributed by atoms with Crippen LogP contribution in [0.1, 0.15) is 17.5 Å². The monoisotopic (exact) mass is 234 g/mol. The summed E-state index contributed by atoms with van der Waals surface area (Å²) in [6.07, 6.45) is -3.12. The number of rotatable bonds is 5. The Kier molecular flexibility index (Phi) is 4.76. The Hall–Kier alpha value is -1.07. The Morgan fingerprint density at radius 2 is 2.00 bits per heavy atom. The highest BCUT2D eigenvalue weighted by atomic mass is 19.4. The smallest absolute Gasteiger partial charge is 0.240 e. The van der Waals surface area contributed by atoms with E-state index in [1.54, 1.807) is 6.07 Å². The van der Waals surface area contributed by atoms with Gasteiger partial charge in [0.25, 0.3) is 0 Å². The van der Waals surface area contributed by atoms with Crippen LogP contribution < -0.4 is 0 Å². The largest absolute Gasteiger partial charge is 0.416 e. The highest BCUT2D eigenvalue weighted by Crippen LogP contribution is 2.29. The Bertz CT molecular complexity index is 323. The van der Waals surface area contributed by atoms with E-state index in [-0.39, 0.29) is 0 Å². The Labute approximate surface area is 91.9 Å². The van der Waals surface area contributed by atoms with Crippen LogP contribution in [0.15, 0.2) is 24.3 Å². The van der Waals surface area contributed by atoms with Gasteiger partial charge in [-0.1, -0.05) is 18.2 Å². The minimum atomic E-state index is -4.28. The van der Waals surface area contributed by atoms with E-state index < -0.39 is 11.7 Å². The molecule has 0 aliphatic rings. The maximum atomic E-state index is 12.4. The first-order valence-corrected chi connectivity index (χ1v) is 4.86. The zero-order valence-corrected chi connectivity index (χ0v) is 8.88. The van der Waals surface area contributed by atoms with E-state index in [0.717, 1.165) is 12.1 Å². The van der Waals surface area contributed by atoms with Crippen molar-refractivity contribution >= 4 is 0 Å². The molecule has 0 saturated carbocycles. The van der Waals surface area contributed by atoms with Crippen molar-refractivity contribution in [3.8, 4) is 0 Å². The minimum absolute atomic E-state index is 0.368. The average molecular weight is 234 g/mol. The molecule has 1 aromatic rings. The first-order chi connectivity index (χ1) is 7.54. The summed E-state index contributed by atoms with van der Waals surface area (Å²) in [5.41, 5.74) is 0.0344. The molecule has 5 heteroatoms. The molecule has 0 atom stereocenters. The van der Waals surface area contributed by atoms with E-state index in [1.165, 1.54) is 13.2 Å². The zero-order chi connectivity index (χ0) is 12.0. The molecule has 16 heavy (non-hydrogen) atoms. The maximum Gasteiger partial charge on any atom is 0.416 e. The van der Waals surface area contributed by atoms with Crippen molar-refractivity contribution < 1.29 is 22.9 Å². The lowest BCUT2D eigenvalue weighted by Crippen LogP contribution is -2.05. The highest BCUT2D eigenvalue weighted by molar-refractivity contribution is 5.25. The van der Waals surface area contributed by atoms with Crippen LogP contribution in [-0.4, -0.2) is 13.7 Å². The molecule has 0 bridgehead atoms.